The van der Waals surface area contributed by atoms with Crippen LogP contribution in [0.4, 0.5) is 5.69 Å². The molecule has 2 aromatic carbocycles. The molecule has 0 aliphatic heterocycles. The summed E-state index contributed by atoms with van der Waals surface area (Å²) in [5, 5.41) is 3.10. The fourth-order valence-corrected chi connectivity index (χ4v) is 2.53. The Balaban J connectivity index is 2.08. The summed E-state index contributed by atoms with van der Waals surface area (Å²) >= 11 is 6.26. The highest BCUT2D eigenvalue weighted by Crippen LogP contribution is 2.36. The predicted octanol–water partition coefficient (Wildman–Crippen LogP) is 3.89. The first kappa shape index (κ1) is 20.3. The summed E-state index contributed by atoms with van der Waals surface area (Å²) in [5.41, 5.74) is 6.80. The van der Waals surface area contributed by atoms with Crippen LogP contribution in [0.5, 0.6) is 11.5 Å². The van der Waals surface area contributed by atoms with Crippen molar-refractivity contribution in [2.45, 2.75) is 13.3 Å². The maximum atomic E-state index is 12.1. The van der Waals surface area contributed by atoms with Gasteiger partial charge < -0.3 is 20.5 Å². The number of halogens is 1. The van der Waals surface area contributed by atoms with Crippen molar-refractivity contribution < 1.29 is 19.1 Å². The van der Waals surface area contributed by atoms with Crippen molar-refractivity contribution >= 4 is 35.2 Å². The second-order valence-corrected chi connectivity index (χ2v) is 6.05. The van der Waals surface area contributed by atoms with Crippen molar-refractivity contribution in [3.05, 3.63) is 58.6 Å². The van der Waals surface area contributed by atoms with Crippen LogP contribution < -0.4 is 20.5 Å². The van der Waals surface area contributed by atoms with Crippen LogP contribution in [0.2, 0.25) is 5.02 Å². The molecule has 0 aromatic heterocycles. The number of primary amides is 1. The number of hydrogen-bond acceptors (Lipinski definition) is 4. The quantitative estimate of drug-likeness (QED) is 0.671. The Hall–Kier alpha value is -2.99. The molecule has 0 atom stereocenters. The second-order valence-electron chi connectivity index (χ2n) is 5.65. The lowest BCUT2D eigenvalue weighted by Gasteiger charge is -2.12. The van der Waals surface area contributed by atoms with Gasteiger partial charge in [-0.3, -0.25) is 9.59 Å². The van der Waals surface area contributed by atoms with Crippen LogP contribution in [-0.2, 0) is 4.79 Å². The Morgan fingerprint density at radius 3 is 2.52 bits per heavy atom. The number of carbonyl (C=O) groups is 2. The van der Waals surface area contributed by atoms with E-state index in [1.54, 1.807) is 42.5 Å². The molecular weight excluding hydrogens is 368 g/mol. The van der Waals surface area contributed by atoms with E-state index in [1.807, 2.05) is 6.92 Å². The van der Waals surface area contributed by atoms with Gasteiger partial charge >= 0.3 is 0 Å². The Labute approximate surface area is 162 Å². The lowest BCUT2D eigenvalue weighted by atomic mass is 10.1. The van der Waals surface area contributed by atoms with E-state index in [-0.39, 0.29) is 5.91 Å². The molecule has 2 aromatic rings. The molecule has 0 spiro atoms. The second kappa shape index (κ2) is 9.64. The van der Waals surface area contributed by atoms with Gasteiger partial charge in [-0.15, -0.1) is 0 Å². The van der Waals surface area contributed by atoms with Crippen LogP contribution in [0.3, 0.4) is 0 Å². The van der Waals surface area contributed by atoms with Gasteiger partial charge in [-0.05, 0) is 54.5 Å². The number of hydrogen-bond donors (Lipinski definition) is 2. The lowest BCUT2D eigenvalue weighted by molar-refractivity contribution is -0.111. The zero-order chi connectivity index (χ0) is 19.8. The minimum Gasteiger partial charge on any atom is -0.493 e. The maximum absolute atomic E-state index is 12.1. The third-order valence-corrected chi connectivity index (χ3v) is 3.85. The lowest BCUT2D eigenvalue weighted by Crippen LogP contribution is -2.11. The molecule has 2 rings (SSSR count). The molecule has 0 unspecified atom stereocenters. The van der Waals surface area contributed by atoms with Gasteiger partial charge in [-0.25, -0.2) is 0 Å². The molecule has 0 fully saturated rings. The molecule has 0 saturated carbocycles. The number of anilines is 1. The van der Waals surface area contributed by atoms with Gasteiger partial charge in [-0.1, -0.05) is 18.5 Å². The number of nitrogens with two attached hydrogens (primary N) is 1. The molecule has 0 aliphatic carbocycles. The maximum Gasteiger partial charge on any atom is 0.248 e. The van der Waals surface area contributed by atoms with Crippen LogP contribution in [0.25, 0.3) is 6.08 Å². The Bertz CT molecular complexity index is 848. The van der Waals surface area contributed by atoms with Gasteiger partial charge in [0.2, 0.25) is 11.8 Å². The van der Waals surface area contributed by atoms with Crippen LogP contribution in [0.15, 0.2) is 42.5 Å². The number of amides is 2. The van der Waals surface area contributed by atoms with Crippen LogP contribution in [-0.4, -0.2) is 25.5 Å². The first-order valence-electron chi connectivity index (χ1n) is 8.33. The van der Waals surface area contributed by atoms with E-state index in [2.05, 4.69) is 5.32 Å². The van der Waals surface area contributed by atoms with E-state index >= 15 is 0 Å². The fraction of sp³-hybridized carbons (Fsp3) is 0.200. The van der Waals surface area contributed by atoms with Crippen molar-refractivity contribution in [2.24, 2.45) is 5.73 Å². The zero-order valence-corrected chi connectivity index (χ0v) is 15.9. The van der Waals surface area contributed by atoms with Gasteiger partial charge in [0.25, 0.3) is 0 Å². The summed E-state index contributed by atoms with van der Waals surface area (Å²) in [7, 11) is 1.53. The number of methoxy groups -OCH3 is 1. The number of benzene rings is 2. The standard InChI is InChI=1S/C20H21ClN2O4/c1-3-10-27-19-16(21)11-13(12-17(19)26-2)4-9-18(24)23-15-7-5-14(6-8-15)20(22)25/h4-9,11-12H,3,10H2,1-2H3,(H2,22,25)(H,23,24)/b9-4+. The fourth-order valence-electron chi connectivity index (χ4n) is 2.25. The monoisotopic (exact) mass is 388 g/mol. The molecule has 2 amide bonds. The van der Waals surface area contributed by atoms with Crippen molar-refractivity contribution in [3.63, 3.8) is 0 Å². The van der Waals surface area contributed by atoms with E-state index in [1.165, 1.54) is 13.2 Å². The highest BCUT2D eigenvalue weighted by atomic mass is 35.5. The molecule has 27 heavy (non-hydrogen) atoms. The number of rotatable bonds is 8. The van der Waals surface area contributed by atoms with Crippen molar-refractivity contribution in [1.29, 1.82) is 0 Å². The van der Waals surface area contributed by atoms with Gasteiger partial charge in [-0.2, -0.15) is 0 Å². The third kappa shape index (κ3) is 5.76. The Kier molecular flexibility index (Phi) is 7.25. The normalized spacial score (nSPS) is 10.6. The van der Waals surface area contributed by atoms with Crippen molar-refractivity contribution in [1.82, 2.24) is 0 Å². The van der Waals surface area contributed by atoms with Gasteiger partial charge in [0.05, 0.1) is 18.7 Å². The summed E-state index contributed by atoms with van der Waals surface area (Å²) in [4.78, 5) is 23.1. The number of carbonyl (C=O) groups excluding carboxylic acids is 2. The average Bonchev–Trinajstić information content (AvgIpc) is 2.65. The third-order valence-electron chi connectivity index (χ3n) is 3.57. The van der Waals surface area contributed by atoms with E-state index in [0.29, 0.717) is 39.9 Å². The summed E-state index contributed by atoms with van der Waals surface area (Å²) in [6.45, 7) is 2.53. The zero-order valence-electron chi connectivity index (χ0n) is 15.1. The minimum absolute atomic E-state index is 0.330. The molecular formula is C20H21ClN2O4. The molecule has 7 heteroatoms. The summed E-state index contributed by atoms with van der Waals surface area (Å²) in [6, 6.07) is 9.72. The van der Waals surface area contributed by atoms with Gasteiger partial charge in [0, 0.05) is 17.3 Å². The smallest absolute Gasteiger partial charge is 0.248 e. The van der Waals surface area contributed by atoms with E-state index in [9.17, 15) is 9.59 Å². The first-order chi connectivity index (χ1) is 12.9. The average molecular weight is 389 g/mol. The minimum atomic E-state index is -0.523. The van der Waals surface area contributed by atoms with E-state index < -0.39 is 5.91 Å². The molecule has 0 heterocycles. The van der Waals surface area contributed by atoms with Gasteiger partial charge in [0.1, 0.15) is 0 Å². The molecule has 0 saturated heterocycles. The van der Waals surface area contributed by atoms with Crippen LogP contribution in [0, 0.1) is 0 Å². The highest BCUT2D eigenvalue weighted by molar-refractivity contribution is 6.32. The van der Waals surface area contributed by atoms with Crippen molar-refractivity contribution in [2.75, 3.05) is 19.0 Å². The van der Waals surface area contributed by atoms with E-state index in [0.717, 1.165) is 6.42 Å². The highest BCUT2D eigenvalue weighted by Gasteiger charge is 2.11. The Morgan fingerprint density at radius 2 is 1.93 bits per heavy atom. The molecule has 142 valence electrons. The topological polar surface area (TPSA) is 90.6 Å². The Morgan fingerprint density at radius 1 is 1.22 bits per heavy atom. The van der Waals surface area contributed by atoms with Crippen molar-refractivity contribution in [3.8, 4) is 11.5 Å². The first-order valence-corrected chi connectivity index (χ1v) is 8.71. The molecule has 6 nitrogen and oxygen atoms in total. The summed E-state index contributed by atoms with van der Waals surface area (Å²) in [5.74, 6) is 0.128. The molecule has 0 radical (unpaired) electrons. The molecule has 0 aliphatic rings. The molecule has 0 bridgehead atoms. The number of nitrogens with one attached hydrogen (secondary N) is 1. The van der Waals surface area contributed by atoms with E-state index in [4.69, 9.17) is 26.8 Å². The molecule has 3 N–H and O–H groups in total. The van der Waals surface area contributed by atoms with Crippen LogP contribution >= 0.6 is 11.6 Å². The SMILES string of the molecule is CCCOc1c(Cl)cc(/C=C/C(=O)Nc2ccc(C(N)=O)cc2)cc1OC. The summed E-state index contributed by atoms with van der Waals surface area (Å²) < 4.78 is 10.9. The van der Waals surface area contributed by atoms with Gasteiger partial charge in [0.15, 0.2) is 11.5 Å². The summed E-state index contributed by atoms with van der Waals surface area (Å²) in [6.07, 6.45) is 3.84. The number of ether oxygens (including phenoxy) is 2. The predicted molar refractivity (Wildman–Crippen MR) is 106 cm³/mol. The van der Waals surface area contributed by atoms with Crippen LogP contribution in [0.1, 0.15) is 29.3 Å². The largest absolute Gasteiger partial charge is 0.493 e.